The van der Waals surface area contributed by atoms with Crippen molar-refractivity contribution in [1.82, 2.24) is 0 Å². The van der Waals surface area contributed by atoms with Gasteiger partial charge >= 0.3 is 0 Å². The largest absolute Gasteiger partial charge is 0.507 e. The Morgan fingerprint density at radius 3 is 2.59 bits per heavy atom. The van der Waals surface area contributed by atoms with E-state index in [-0.39, 0.29) is 6.04 Å². The lowest BCUT2D eigenvalue weighted by atomic mass is 9.87. The smallest absolute Gasteiger partial charge is 0.123 e. The molecule has 1 aliphatic rings. The molecule has 0 saturated carbocycles. The Morgan fingerprint density at radius 1 is 0.909 bits per heavy atom. The maximum atomic E-state index is 10.5. The van der Waals surface area contributed by atoms with Gasteiger partial charge in [0.15, 0.2) is 0 Å². The van der Waals surface area contributed by atoms with Crippen LogP contribution in [0.15, 0.2) is 60.7 Å². The Morgan fingerprint density at radius 2 is 1.68 bits per heavy atom. The Bertz CT molecular complexity index is 988. The van der Waals surface area contributed by atoms with E-state index in [0.717, 1.165) is 33.5 Å². The number of rotatable bonds is 1. The Labute approximate surface area is 128 Å². The van der Waals surface area contributed by atoms with Gasteiger partial charge in [0.25, 0.3) is 0 Å². The van der Waals surface area contributed by atoms with Gasteiger partial charge in [0, 0.05) is 11.6 Å². The van der Waals surface area contributed by atoms with Gasteiger partial charge in [-0.15, -0.1) is 0 Å². The second kappa shape index (κ2) is 5.00. The lowest BCUT2D eigenvalue weighted by molar-refractivity contribution is 0.474. The summed E-state index contributed by atoms with van der Waals surface area (Å²) in [4.78, 5) is 0. The van der Waals surface area contributed by atoms with E-state index < -0.39 is 0 Å². The van der Waals surface area contributed by atoms with Crippen LogP contribution in [-0.4, -0.2) is 11.1 Å². The van der Waals surface area contributed by atoms with E-state index in [1.807, 2.05) is 36.4 Å². The first-order valence-electron chi connectivity index (χ1n) is 7.52. The van der Waals surface area contributed by atoms with Crippen LogP contribution < -0.4 is 16.2 Å². The number of benzene rings is 3. The maximum absolute atomic E-state index is 10.5. The van der Waals surface area contributed by atoms with Crippen LogP contribution in [0.2, 0.25) is 0 Å². The van der Waals surface area contributed by atoms with Crippen LogP contribution in [0.25, 0.3) is 22.4 Å². The summed E-state index contributed by atoms with van der Waals surface area (Å²) in [5.74, 6) is 0.292. The molecule has 0 aromatic heterocycles. The predicted molar refractivity (Wildman–Crippen MR) is 90.9 cm³/mol. The van der Waals surface area contributed by atoms with Crippen molar-refractivity contribution in [3.05, 3.63) is 76.7 Å². The van der Waals surface area contributed by atoms with Crippen molar-refractivity contribution >= 4 is 22.4 Å². The van der Waals surface area contributed by atoms with Crippen LogP contribution >= 0.6 is 0 Å². The fourth-order valence-electron chi connectivity index (χ4n) is 3.35. The number of hydrogen-bond donors (Lipinski definition) is 2. The number of hydrogen-bond acceptors (Lipinski definition) is 2. The summed E-state index contributed by atoms with van der Waals surface area (Å²) in [6.07, 6.45) is 2.96. The zero-order valence-electron chi connectivity index (χ0n) is 12.2. The average Bonchev–Trinajstić information content (AvgIpc) is 2.56. The SMILES string of the molecule is N[C@H]1CC=c2ccccc2=C1c1c(O)ccc2ccccc12. The van der Waals surface area contributed by atoms with Crippen molar-refractivity contribution < 1.29 is 5.11 Å². The second-order valence-corrected chi connectivity index (χ2v) is 5.73. The molecule has 0 unspecified atom stereocenters. The van der Waals surface area contributed by atoms with Crippen LogP contribution in [-0.2, 0) is 0 Å². The standard InChI is InChI=1S/C20H17NO/c21-17-11-9-13-5-1-3-7-15(13)19(17)20-16-8-4-2-6-14(16)10-12-18(20)22/h1-10,12,17,22H,11,21H2/t17-/m0/s1. The highest BCUT2D eigenvalue weighted by molar-refractivity contribution is 5.97. The summed E-state index contributed by atoms with van der Waals surface area (Å²) in [6, 6.07) is 20.0. The van der Waals surface area contributed by atoms with Gasteiger partial charge in [-0.3, -0.25) is 0 Å². The minimum atomic E-state index is -0.105. The molecule has 22 heavy (non-hydrogen) atoms. The van der Waals surface area contributed by atoms with Gasteiger partial charge in [0.1, 0.15) is 5.75 Å². The van der Waals surface area contributed by atoms with Crippen molar-refractivity contribution in [3.63, 3.8) is 0 Å². The molecule has 4 rings (SSSR count). The van der Waals surface area contributed by atoms with Crippen LogP contribution in [0.3, 0.4) is 0 Å². The highest BCUT2D eigenvalue weighted by Gasteiger charge is 2.20. The lowest BCUT2D eigenvalue weighted by Gasteiger charge is -2.21. The van der Waals surface area contributed by atoms with Crippen molar-refractivity contribution in [2.24, 2.45) is 5.73 Å². The van der Waals surface area contributed by atoms with Gasteiger partial charge in [-0.2, -0.15) is 0 Å². The Kier molecular flexibility index (Phi) is 2.98. The van der Waals surface area contributed by atoms with E-state index in [9.17, 15) is 5.11 Å². The second-order valence-electron chi connectivity index (χ2n) is 5.73. The molecule has 0 spiro atoms. The summed E-state index contributed by atoms with van der Waals surface area (Å²) < 4.78 is 0. The van der Waals surface area contributed by atoms with Crippen LogP contribution in [0.4, 0.5) is 0 Å². The van der Waals surface area contributed by atoms with Crippen molar-refractivity contribution in [3.8, 4) is 5.75 Å². The number of phenols is 1. The van der Waals surface area contributed by atoms with Crippen molar-refractivity contribution in [1.29, 1.82) is 0 Å². The molecule has 3 aromatic rings. The van der Waals surface area contributed by atoms with E-state index in [2.05, 4.69) is 24.3 Å². The number of phenolic OH excluding ortho intramolecular Hbond substituents is 1. The minimum absolute atomic E-state index is 0.105. The molecular weight excluding hydrogens is 270 g/mol. The monoisotopic (exact) mass is 287 g/mol. The highest BCUT2D eigenvalue weighted by atomic mass is 16.3. The van der Waals surface area contributed by atoms with Crippen molar-refractivity contribution in [2.45, 2.75) is 12.5 Å². The molecule has 3 aromatic carbocycles. The van der Waals surface area contributed by atoms with E-state index in [4.69, 9.17) is 5.73 Å². The van der Waals surface area contributed by atoms with E-state index >= 15 is 0 Å². The molecule has 1 atom stereocenters. The number of fused-ring (bicyclic) bond motifs is 2. The van der Waals surface area contributed by atoms with Crippen LogP contribution in [0.5, 0.6) is 5.75 Å². The van der Waals surface area contributed by atoms with E-state index in [0.29, 0.717) is 5.75 Å². The molecular formula is C20H17NO. The first-order valence-corrected chi connectivity index (χ1v) is 7.52. The molecule has 2 heteroatoms. The molecule has 1 aliphatic carbocycles. The number of aromatic hydroxyl groups is 1. The fraction of sp³-hybridized carbons (Fsp3) is 0.100. The maximum Gasteiger partial charge on any atom is 0.123 e. The zero-order chi connectivity index (χ0) is 15.1. The summed E-state index contributed by atoms with van der Waals surface area (Å²) in [5, 5.41) is 15.0. The summed E-state index contributed by atoms with van der Waals surface area (Å²) in [5.41, 5.74) is 8.31. The van der Waals surface area contributed by atoms with Crippen LogP contribution in [0.1, 0.15) is 12.0 Å². The molecule has 108 valence electrons. The molecule has 0 bridgehead atoms. The molecule has 0 saturated heterocycles. The fourth-order valence-corrected chi connectivity index (χ4v) is 3.35. The van der Waals surface area contributed by atoms with E-state index in [1.54, 1.807) is 6.07 Å². The summed E-state index contributed by atoms with van der Waals surface area (Å²) in [6.45, 7) is 0. The average molecular weight is 287 g/mol. The third-order valence-electron chi connectivity index (χ3n) is 4.39. The van der Waals surface area contributed by atoms with Gasteiger partial charge < -0.3 is 10.8 Å². The molecule has 2 nitrogen and oxygen atoms in total. The van der Waals surface area contributed by atoms with Gasteiger partial charge in [0.2, 0.25) is 0 Å². The normalized spacial score (nSPS) is 17.1. The third kappa shape index (κ3) is 1.92. The molecule has 3 N–H and O–H groups in total. The zero-order valence-corrected chi connectivity index (χ0v) is 12.2. The van der Waals surface area contributed by atoms with Gasteiger partial charge in [0.05, 0.1) is 0 Å². The minimum Gasteiger partial charge on any atom is -0.507 e. The van der Waals surface area contributed by atoms with Gasteiger partial charge in [-0.25, -0.2) is 0 Å². The van der Waals surface area contributed by atoms with E-state index in [1.165, 1.54) is 5.22 Å². The Hall–Kier alpha value is -2.58. The first-order chi connectivity index (χ1) is 10.8. The summed E-state index contributed by atoms with van der Waals surface area (Å²) >= 11 is 0. The molecule has 0 amide bonds. The van der Waals surface area contributed by atoms with Gasteiger partial charge in [-0.05, 0) is 39.3 Å². The predicted octanol–water partition coefficient (Wildman–Crippen LogP) is 2.26. The quantitative estimate of drug-likeness (QED) is 0.721. The van der Waals surface area contributed by atoms with Crippen molar-refractivity contribution in [2.75, 3.05) is 0 Å². The van der Waals surface area contributed by atoms with Gasteiger partial charge in [-0.1, -0.05) is 60.7 Å². The lowest BCUT2D eigenvalue weighted by Crippen LogP contribution is -2.38. The number of nitrogens with two attached hydrogens (primary N) is 1. The Balaban J connectivity index is 2.20. The molecule has 0 aliphatic heterocycles. The highest BCUT2D eigenvalue weighted by Crippen LogP contribution is 2.33. The first kappa shape index (κ1) is 13.1. The molecule has 0 radical (unpaired) electrons. The summed E-state index contributed by atoms with van der Waals surface area (Å²) in [7, 11) is 0. The molecule has 0 heterocycles. The van der Waals surface area contributed by atoms with Crippen LogP contribution in [0, 0.1) is 0 Å². The topological polar surface area (TPSA) is 46.2 Å². The molecule has 0 fully saturated rings. The third-order valence-corrected chi connectivity index (χ3v) is 4.39.